The molecule has 4 rings (SSSR count). The van der Waals surface area contributed by atoms with Crippen LogP contribution in [0.1, 0.15) is 24.4 Å². The first kappa shape index (κ1) is 18.3. The first-order valence-electron chi connectivity index (χ1n) is 9.60. The molecule has 1 atom stereocenters. The van der Waals surface area contributed by atoms with Crippen LogP contribution in [0.25, 0.3) is 10.9 Å². The Balaban J connectivity index is 1.45. The molecule has 0 radical (unpaired) electrons. The van der Waals surface area contributed by atoms with Crippen molar-refractivity contribution in [3.63, 3.8) is 0 Å². The van der Waals surface area contributed by atoms with E-state index < -0.39 is 0 Å². The molecule has 7 nitrogen and oxygen atoms in total. The summed E-state index contributed by atoms with van der Waals surface area (Å²) in [5.41, 5.74) is 1.41. The number of hydrogen-bond donors (Lipinski definition) is 1. The maximum atomic E-state index is 12.5. The molecule has 0 spiro atoms. The predicted octanol–water partition coefficient (Wildman–Crippen LogP) is 1.74. The van der Waals surface area contributed by atoms with Gasteiger partial charge in [0.25, 0.3) is 5.56 Å². The fourth-order valence-electron chi connectivity index (χ4n) is 3.72. The largest absolute Gasteiger partial charge is 0.353 e. The van der Waals surface area contributed by atoms with Crippen LogP contribution >= 0.6 is 0 Å². The third-order valence-corrected chi connectivity index (χ3v) is 5.18. The van der Waals surface area contributed by atoms with E-state index >= 15 is 0 Å². The normalized spacial score (nSPS) is 15.6. The van der Waals surface area contributed by atoms with Gasteiger partial charge in [-0.15, -0.1) is 5.10 Å². The summed E-state index contributed by atoms with van der Waals surface area (Å²) in [6.45, 7) is 2.42. The molecule has 28 heavy (non-hydrogen) atoms. The third-order valence-electron chi connectivity index (χ3n) is 5.18. The van der Waals surface area contributed by atoms with Gasteiger partial charge in [0.2, 0.25) is 5.91 Å². The maximum absolute atomic E-state index is 12.5. The molecule has 0 bridgehead atoms. The van der Waals surface area contributed by atoms with E-state index in [1.165, 1.54) is 18.4 Å². The standard InChI is InChI=1S/C21H23N5O2/c27-20(15-26-21(28)17-10-4-5-11-18(17)23-24-26)22-14-19(25-12-6-7-13-25)16-8-2-1-3-9-16/h1-5,8-11,19H,6-7,12-15H2,(H,22,27). The van der Waals surface area contributed by atoms with Crippen LogP contribution in [0.5, 0.6) is 0 Å². The number of rotatable bonds is 6. The van der Waals surface area contributed by atoms with Gasteiger partial charge in [-0.2, -0.15) is 0 Å². The highest BCUT2D eigenvalue weighted by atomic mass is 16.2. The molecular weight excluding hydrogens is 354 g/mol. The molecule has 1 aliphatic rings. The average Bonchev–Trinajstić information content (AvgIpc) is 3.26. The van der Waals surface area contributed by atoms with Crippen molar-refractivity contribution >= 4 is 16.8 Å². The van der Waals surface area contributed by atoms with Crippen molar-refractivity contribution in [3.05, 3.63) is 70.5 Å². The van der Waals surface area contributed by atoms with E-state index in [1.807, 2.05) is 18.2 Å². The molecule has 0 aliphatic carbocycles. The van der Waals surface area contributed by atoms with E-state index in [-0.39, 0.29) is 24.1 Å². The van der Waals surface area contributed by atoms with Crippen LogP contribution in [0.4, 0.5) is 0 Å². The van der Waals surface area contributed by atoms with Crippen LogP contribution in [0.3, 0.4) is 0 Å². The lowest BCUT2D eigenvalue weighted by atomic mass is 10.1. The topological polar surface area (TPSA) is 80.1 Å². The number of nitrogens with one attached hydrogen (secondary N) is 1. The van der Waals surface area contributed by atoms with Gasteiger partial charge in [-0.1, -0.05) is 47.7 Å². The quantitative estimate of drug-likeness (QED) is 0.708. The van der Waals surface area contributed by atoms with Crippen LogP contribution < -0.4 is 10.9 Å². The molecule has 2 aromatic carbocycles. The van der Waals surface area contributed by atoms with Gasteiger partial charge in [0.15, 0.2) is 0 Å². The SMILES string of the molecule is O=C(Cn1nnc2ccccc2c1=O)NCC(c1ccccc1)N1CCCC1. The number of amides is 1. The Morgan fingerprint density at radius 1 is 1.04 bits per heavy atom. The zero-order valence-corrected chi connectivity index (χ0v) is 15.6. The summed E-state index contributed by atoms with van der Waals surface area (Å²) in [7, 11) is 0. The highest BCUT2D eigenvalue weighted by Gasteiger charge is 2.24. The summed E-state index contributed by atoms with van der Waals surface area (Å²) in [5, 5.41) is 11.4. The lowest BCUT2D eigenvalue weighted by molar-refractivity contribution is -0.122. The van der Waals surface area contributed by atoms with Gasteiger partial charge in [0.05, 0.1) is 11.4 Å². The van der Waals surface area contributed by atoms with E-state index in [0.717, 1.165) is 17.8 Å². The van der Waals surface area contributed by atoms with Crippen molar-refractivity contribution in [1.29, 1.82) is 0 Å². The molecule has 1 aliphatic heterocycles. The Labute approximate surface area is 163 Å². The van der Waals surface area contributed by atoms with Gasteiger partial charge < -0.3 is 5.32 Å². The van der Waals surface area contributed by atoms with Crippen LogP contribution in [0, 0.1) is 0 Å². The fourth-order valence-corrected chi connectivity index (χ4v) is 3.72. The molecule has 1 fully saturated rings. The summed E-state index contributed by atoms with van der Waals surface area (Å²) < 4.78 is 1.12. The molecule has 1 saturated heterocycles. The Kier molecular flexibility index (Phi) is 5.43. The first-order chi connectivity index (χ1) is 13.7. The number of hydrogen-bond acceptors (Lipinski definition) is 5. The van der Waals surface area contributed by atoms with Gasteiger partial charge in [0.1, 0.15) is 12.1 Å². The van der Waals surface area contributed by atoms with E-state index in [0.29, 0.717) is 17.4 Å². The summed E-state index contributed by atoms with van der Waals surface area (Å²) >= 11 is 0. The second kappa shape index (κ2) is 8.31. The highest BCUT2D eigenvalue weighted by molar-refractivity contribution is 5.78. The van der Waals surface area contributed by atoms with Crippen LogP contribution in [-0.2, 0) is 11.3 Å². The highest BCUT2D eigenvalue weighted by Crippen LogP contribution is 2.24. The Morgan fingerprint density at radius 3 is 2.54 bits per heavy atom. The van der Waals surface area contributed by atoms with Crippen molar-refractivity contribution in [2.45, 2.75) is 25.4 Å². The van der Waals surface area contributed by atoms with Crippen molar-refractivity contribution in [1.82, 2.24) is 25.2 Å². The lowest BCUT2D eigenvalue weighted by Crippen LogP contribution is -2.39. The monoisotopic (exact) mass is 377 g/mol. The number of fused-ring (bicyclic) bond motifs is 1. The number of carbonyl (C=O) groups excluding carboxylic acids is 1. The smallest absolute Gasteiger partial charge is 0.278 e. The van der Waals surface area contributed by atoms with E-state index in [1.54, 1.807) is 24.3 Å². The van der Waals surface area contributed by atoms with Crippen LogP contribution in [0.2, 0.25) is 0 Å². The molecule has 144 valence electrons. The van der Waals surface area contributed by atoms with Crippen LogP contribution in [0.15, 0.2) is 59.4 Å². The lowest BCUT2D eigenvalue weighted by Gasteiger charge is -2.28. The minimum absolute atomic E-state index is 0.132. The molecule has 3 aromatic rings. The van der Waals surface area contributed by atoms with Crippen LogP contribution in [-0.4, -0.2) is 45.4 Å². The van der Waals surface area contributed by atoms with Gasteiger partial charge >= 0.3 is 0 Å². The minimum Gasteiger partial charge on any atom is -0.353 e. The average molecular weight is 377 g/mol. The van der Waals surface area contributed by atoms with E-state index in [4.69, 9.17) is 0 Å². The fraction of sp³-hybridized carbons (Fsp3) is 0.333. The molecule has 1 unspecified atom stereocenters. The second-order valence-corrected chi connectivity index (χ2v) is 7.04. The predicted molar refractivity (Wildman–Crippen MR) is 107 cm³/mol. The number of benzene rings is 2. The molecule has 1 N–H and O–H groups in total. The van der Waals surface area contributed by atoms with Gasteiger partial charge in [-0.05, 0) is 43.6 Å². The molecule has 1 aromatic heterocycles. The van der Waals surface area contributed by atoms with Crippen molar-refractivity contribution in [2.24, 2.45) is 0 Å². The number of nitrogens with zero attached hydrogens (tertiary/aromatic N) is 4. The Morgan fingerprint density at radius 2 is 1.75 bits per heavy atom. The Hall–Kier alpha value is -3.06. The molecular formula is C21H23N5O2. The van der Waals surface area contributed by atoms with Crippen molar-refractivity contribution in [2.75, 3.05) is 19.6 Å². The van der Waals surface area contributed by atoms with Gasteiger partial charge in [-0.25, -0.2) is 4.68 Å². The van der Waals surface area contributed by atoms with Gasteiger partial charge in [0, 0.05) is 6.54 Å². The summed E-state index contributed by atoms with van der Waals surface area (Å²) in [4.78, 5) is 27.4. The van der Waals surface area contributed by atoms with E-state index in [2.05, 4.69) is 32.7 Å². The van der Waals surface area contributed by atoms with E-state index in [9.17, 15) is 9.59 Å². The Bertz CT molecular complexity index is 1010. The maximum Gasteiger partial charge on any atom is 0.278 e. The van der Waals surface area contributed by atoms with Gasteiger partial charge in [-0.3, -0.25) is 14.5 Å². The molecule has 1 amide bonds. The molecule has 2 heterocycles. The zero-order valence-electron chi connectivity index (χ0n) is 15.6. The number of likely N-dealkylation sites (tertiary alicyclic amines) is 1. The zero-order chi connectivity index (χ0) is 19.3. The molecule has 0 saturated carbocycles. The molecule has 7 heteroatoms. The second-order valence-electron chi connectivity index (χ2n) is 7.04. The van der Waals surface area contributed by atoms with Crippen molar-refractivity contribution in [3.8, 4) is 0 Å². The van der Waals surface area contributed by atoms with Crippen molar-refractivity contribution < 1.29 is 4.79 Å². The third kappa shape index (κ3) is 3.94. The first-order valence-corrected chi connectivity index (χ1v) is 9.60. The minimum atomic E-state index is -0.306. The number of carbonyl (C=O) groups is 1. The summed E-state index contributed by atoms with van der Waals surface area (Å²) in [6.07, 6.45) is 2.36. The summed E-state index contributed by atoms with van der Waals surface area (Å²) in [5.74, 6) is -0.244. The number of aromatic nitrogens is 3. The summed E-state index contributed by atoms with van der Waals surface area (Å²) in [6, 6.07) is 17.3.